The number of carbonyl (C=O) groups excluding carboxylic acids is 1. The van der Waals surface area contributed by atoms with Crippen LogP contribution in [0.2, 0.25) is 0 Å². The van der Waals surface area contributed by atoms with Crippen molar-refractivity contribution in [2.45, 2.75) is 0 Å². The Morgan fingerprint density at radius 1 is 1.05 bits per heavy atom. The third-order valence-corrected chi connectivity index (χ3v) is 3.00. The van der Waals surface area contributed by atoms with Crippen LogP contribution >= 0.6 is 0 Å². The highest BCUT2D eigenvalue weighted by atomic mass is 19.1. The number of rotatable bonds is 6. The van der Waals surface area contributed by atoms with Gasteiger partial charge in [0.2, 0.25) is 0 Å². The second kappa shape index (κ2) is 7.26. The topological polar surface area (TPSA) is 47.6 Å². The Bertz CT molecular complexity index is 681. The molecule has 0 aromatic heterocycles. The van der Waals surface area contributed by atoms with Crippen LogP contribution < -0.4 is 14.8 Å². The molecule has 2 rings (SSSR count). The minimum Gasteiger partial charge on any atom is -0.493 e. The molecule has 0 amide bonds. The smallest absolute Gasteiger partial charge is 0.187 e. The molecule has 5 heteroatoms. The second-order valence-electron chi connectivity index (χ2n) is 4.42. The van der Waals surface area contributed by atoms with Crippen LogP contribution in [-0.2, 0) is 0 Å². The van der Waals surface area contributed by atoms with Crippen LogP contribution in [0, 0.1) is 5.82 Å². The molecule has 1 N–H and O–H groups in total. The van der Waals surface area contributed by atoms with Crippen LogP contribution in [0.4, 0.5) is 10.1 Å². The molecular formula is C17H16FNO3. The number of anilines is 1. The zero-order chi connectivity index (χ0) is 15.9. The van der Waals surface area contributed by atoms with Crippen molar-refractivity contribution >= 4 is 11.5 Å². The normalized spacial score (nSPS) is 10.5. The lowest BCUT2D eigenvalue weighted by Crippen LogP contribution is -1.97. The van der Waals surface area contributed by atoms with Crippen molar-refractivity contribution in [1.29, 1.82) is 0 Å². The summed E-state index contributed by atoms with van der Waals surface area (Å²) in [5.74, 6) is 0.627. The highest BCUT2D eigenvalue weighted by molar-refractivity contribution is 6.04. The number of hydrogen-bond acceptors (Lipinski definition) is 4. The molecule has 0 aliphatic heterocycles. The number of hydrogen-bond donors (Lipinski definition) is 1. The van der Waals surface area contributed by atoms with Crippen molar-refractivity contribution in [2.75, 3.05) is 19.5 Å². The summed E-state index contributed by atoms with van der Waals surface area (Å²) in [6.45, 7) is 0. The van der Waals surface area contributed by atoms with Gasteiger partial charge in [-0.15, -0.1) is 0 Å². The molecule has 0 saturated carbocycles. The van der Waals surface area contributed by atoms with Gasteiger partial charge in [0, 0.05) is 29.6 Å². The van der Waals surface area contributed by atoms with E-state index in [1.807, 2.05) is 0 Å². The molecule has 0 saturated heterocycles. The standard InChI is InChI=1S/C17H16FNO3/c1-21-16-8-7-14(11-17(16)22-2)19-10-9-15(20)12-3-5-13(18)6-4-12/h3-11,19H,1-2H3/b10-9+. The van der Waals surface area contributed by atoms with E-state index in [1.54, 1.807) is 32.4 Å². The molecule has 0 heterocycles. The highest BCUT2D eigenvalue weighted by Gasteiger charge is 2.04. The van der Waals surface area contributed by atoms with Crippen molar-refractivity contribution in [3.05, 3.63) is 66.1 Å². The number of nitrogens with one attached hydrogen (secondary N) is 1. The first-order valence-electron chi connectivity index (χ1n) is 6.59. The van der Waals surface area contributed by atoms with E-state index in [0.29, 0.717) is 17.1 Å². The Kier molecular flexibility index (Phi) is 5.14. The van der Waals surface area contributed by atoms with Crippen molar-refractivity contribution in [3.8, 4) is 11.5 Å². The average molecular weight is 301 g/mol. The van der Waals surface area contributed by atoms with Crippen LogP contribution in [0.5, 0.6) is 11.5 Å². The number of ether oxygens (including phenoxy) is 2. The van der Waals surface area contributed by atoms with E-state index in [9.17, 15) is 9.18 Å². The van der Waals surface area contributed by atoms with Gasteiger partial charge in [0.25, 0.3) is 0 Å². The molecule has 0 bridgehead atoms. The molecule has 0 radical (unpaired) electrons. The quantitative estimate of drug-likeness (QED) is 0.653. The maximum absolute atomic E-state index is 12.8. The summed E-state index contributed by atoms with van der Waals surface area (Å²) in [5, 5.41) is 2.97. The van der Waals surface area contributed by atoms with Gasteiger partial charge in [-0.1, -0.05) is 0 Å². The molecule has 114 valence electrons. The third-order valence-electron chi connectivity index (χ3n) is 3.00. The molecule has 0 aliphatic carbocycles. The SMILES string of the molecule is COc1ccc(N/C=C/C(=O)c2ccc(F)cc2)cc1OC. The lowest BCUT2D eigenvalue weighted by atomic mass is 10.1. The molecule has 0 fully saturated rings. The summed E-state index contributed by atoms with van der Waals surface area (Å²) in [5.41, 5.74) is 1.17. The van der Waals surface area contributed by atoms with Gasteiger partial charge in [0.15, 0.2) is 17.3 Å². The molecule has 0 atom stereocenters. The summed E-state index contributed by atoms with van der Waals surface area (Å²) < 4.78 is 23.1. The molecule has 0 spiro atoms. The highest BCUT2D eigenvalue weighted by Crippen LogP contribution is 2.29. The number of halogens is 1. The van der Waals surface area contributed by atoms with Gasteiger partial charge in [-0.25, -0.2) is 4.39 Å². The van der Waals surface area contributed by atoms with Crippen molar-refractivity contribution in [1.82, 2.24) is 0 Å². The van der Waals surface area contributed by atoms with Gasteiger partial charge in [-0.05, 0) is 36.4 Å². The monoisotopic (exact) mass is 301 g/mol. The van der Waals surface area contributed by atoms with E-state index < -0.39 is 0 Å². The summed E-state index contributed by atoms with van der Waals surface area (Å²) in [6.07, 6.45) is 2.90. The Balaban J connectivity index is 2.03. The fourth-order valence-electron chi connectivity index (χ4n) is 1.85. The maximum Gasteiger partial charge on any atom is 0.187 e. The van der Waals surface area contributed by atoms with Gasteiger partial charge in [-0.3, -0.25) is 4.79 Å². The Labute approximate surface area is 128 Å². The Hall–Kier alpha value is -2.82. The number of methoxy groups -OCH3 is 2. The predicted octanol–water partition coefficient (Wildman–Crippen LogP) is 3.65. The number of allylic oxidation sites excluding steroid dienone is 1. The van der Waals surface area contributed by atoms with E-state index in [-0.39, 0.29) is 11.6 Å². The summed E-state index contributed by atoms with van der Waals surface area (Å²) in [4.78, 5) is 11.9. The number of carbonyl (C=O) groups is 1. The van der Waals surface area contributed by atoms with Crippen LogP contribution in [0.3, 0.4) is 0 Å². The first kappa shape index (κ1) is 15.6. The summed E-state index contributed by atoms with van der Waals surface area (Å²) in [6, 6.07) is 10.7. The molecule has 22 heavy (non-hydrogen) atoms. The van der Waals surface area contributed by atoms with Crippen molar-refractivity contribution in [3.63, 3.8) is 0 Å². The lowest BCUT2D eigenvalue weighted by Gasteiger charge is -2.09. The van der Waals surface area contributed by atoms with Crippen LogP contribution in [0.15, 0.2) is 54.7 Å². The number of ketones is 1. The molecule has 0 unspecified atom stereocenters. The molecule has 2 aromatic carbocycles. The summed E-state index contributed by atoms with van der Waals surface area (Å²) >= 11 is 0. The van der Waals surface area contributed by atoms with Crippen LogP contribution in [0.1, 0.15) is 10.4 Å². The van der Waals surface area contributed by atoms with E-state index in [1.165, 1.54) is 36.5 Å². The fourth-order valence-corrected chi connectivity index (χ4v) is 1.85. The van der Waals surface area contributed by atoms with E-state index >= 15 is 0 Å². The van der Waals surface area contributed by atoms with Gasteiger partial charge in [0.05, 0.1) is 14.2 Å². The van der Waals surface area contributed by atoms with Crippen LogP contribution in [-0.4, -0.2) is 20.0 Å². The van der Waals surface area contributed by atoms with Gasteiger partial charge in [0.1, 0.15) is 5.82 Å². The average Bonchev–Trinajstić information content (AvgIpc) is 2.55. The van der Waals surface area contributed by atoms with Crippen LogP contribution in [0.25, 0.3) is 0 Å². The first-order valence-corrected chi connectivity index (χ1v) is 6.59. The minimum absolute atomic E-state index is 0.215. The van der Waals surface area contributed by atoms with Gasteiger partial charge >= 0.3 is 0 Å². The predicted molar refractivity (Wildman–Crippen MR) is 83.0 cm³/mol. The minimum atomic E-state index is -0.371. The third kappa shape index (κ3) is 3.85. The molecule has 0 aliphatic rings. The lowest BCUT2D eigenvalue weighted by molar-refractivity contribution is 0.104. The zero-order valence-corrected chi connectivity index (χ0v) is 12.3. The largest absolute Gasteiger partial charge is 0.493 e. The maximum atomic E-state index is 12.8. The Morgan fingerprint density at radius 2 is 1.73 bits per heavy atom. The zero-order valence-electron chi connectivity index (χ0n) is 12.3. The first-order chi connectivity index (χ1) is 10.6. The number of benzene rings is 2. The fraction of sp³-hybridized carbons (Fsp3) is 0.118. The van der Waals surface area contributed by atoms with E-state index in [2.05, 4.69) is 5.32 Å². The van der Waals surface area contributed by atoms with Gasteiger partial charge in [-0.2, -0.15) is 0 Å². The van der Waals surface area contributed by atoms with Crippen molar-refractivity contribution in [2.24, 2.45) is 0 Å². The molecular weight excluding hydrogens is 285 g/mol. The van der Waals surface area contributed by atoms with E-state index in [4.69, 9.17) is 9.47 Å². The molecule has 4 nitrogen and oxygen atoms in total. The summed E-state index contributed by atoms with van der Waals surface area (Å²) in [7, 11) is 3.11. The van der Waals surface area contributed by atoms with Crippen molar-refractivity contribution < 1.29 is 18.7 Å². The Morgan fingerprint density at radius 3 is 2.36 bits per heavy atom. The van der Waals surface area contributed by atoms with E-state index in [0.717, 1.165) is 5.69 Å². The molecule has 2 aromatic rings. The second-order valence-corrected chi connectivity index (χ2v) is 4.42. The van der Waals surface area contributed by atoms with Gasteiger partial charge < -0.3 is 14.8 Å².